The van der Waals surface area contributed by atoms with Gasteiger partial charge < -0.3 is 14.8 Å². The second-order valence-electron chi connectivity index (χ2n) is 8.24. The zero-order valence-electron chi connectivity index (χ0n) is 19.6. The number of hydrogen-bond donors (Lipinski definition) is 1. The minimum atomic E-state index is -0.291. The highest BCUT2D eigenvalue weighted by molar-refractivity contribution is 6.04. The van der Waals surface area contributed by atoms with Crippen molar-refractivity contribution >= 4 is 11.7 Å². The van der Waals surface area contributed by atoms with Crippen molar-refractivity contribution in [3.05, 3.63) is 102 Å². The Labute approximate surface area is 199 Å². The Kier molecular flexibility index (Phi) is 7.22. The first-order valence-corrected chi connectivity index (χ1v) is 11.2. The van der Waals surface area contributed by atoms with Gasteiger partial charge in [0.25, 0.3) is 5.91 Å². The van der Waals surface area contributed by atoms with Crippen LogP contribution in [0.3, 0.4) is 0 Å². The third-order valence-electron chi connectivity index (χ3n) is 5.02. The van der Waals surface area contributed by atoms with Crippen LogP contribution in [0.25, 0.3) is 0 Å². The lowest BCUT2D eigenvalue weighted by atomic mass is 10.1. The van der Waals surface area contributed by atoms with Crippen LogP contribution in [-0.2, 0) is 13.2 Å². The lowest BCUT2D eigenvalue weighted by Gasteiger charge is -2.14. The molecule has 0 radical (unpaired) electrons. The van der Waals surface area contributed by atoms with E-state index >= 15 is 0 Å². The van der Waals surface area contributed by atoms with Gasteiger partial charge in [0.1, 0.15) is 18.1 Å². The van der Waals surface area contributed by atoms with Crippen LogP contribution in [0.5, 0.6) is 11.5 Å². The number of hydrogen-bond acceptors (Lipinski definition) is 5. The number of aromatic nitrogens is 3. The molecule has 34 heavy (non-hydrogen) atoms. The number of aryl methyl sites for hydroxylation is 1. The first-order chi connectivity index (χ1) is 16.5. The summed E-state index contributed by atoms with van der Waals surface area (Å²) in [6.45, 7) is 6.74. The van der Waals surface area contributed by atoms with E-state index in [1.807, 2.05) is 80.1 Å². The van der Waals surface area contributed by atoms with Gasteiger partial charge in [0, 0.05) is 29.6 Å². The van der Waals surface area contributed by atoms with E-state index in [0.29, 0.717) is 36.0 Å². The van der Waals surface area contributed by atoms with Gasteiger partial charge in [-0.2, -0.15) is 5.10 Å². The van der Waals surface area contributed by atoms with Gasteiger partial charge in [-0.15, -0.1) is 0 Å². The van der Waals surface area contributed by atoms with E-state index in [9.17, 15) is 4.79 Å². The quantitative estimate of drug-likeness (QED) is 0.372. The minimum Gasteiger partial charge on any atom is -0.491 e. The molecule has 1 amide bonds. The third kappa shape index (κ3) is 6.22. The second kappa shape index (κ2) is 10.7. The van der Waals surface area contributed by atoms with Crippen LogP contribution in [0.15, 0.2) is 79.0 Å². The smallest absolute Gasteiger partial charge is 0.257 e. The third-order valence-corrected chi connectivity index (χ3v) is 5.02. The molecule has 2 heterocycles. The Hall–Kier alpha value is -4.13. The van der Waals surface area contributed by atoms with Crippen LogP contribution < -0.4 is 14.8 Å². The van der Waals surface area contributed by atoms with Crippen molar-refractivity contribution in [1.82, 2.24) is 14.8 Å². The second-order valence-corrected chi connectivity index (χ2v) is 8.24. The highest BCUT2D eigenvalue weighted by atomic mass is 16.5. The van der Waals surface area contributed by atoms with E-state index in [2.05, 4.69) is 15.4 Å². The fourth-order valence-electron chi connectivity index (χ4n) is 3.43. The number of nitrogens with zero attached hydrogens (tertiary/aromatic N) is 3. The molecule has 0 unspecified atom stereocenters. The van der Waals surface area contributed by atoms with Gasteiger partial charge in [-0.05, 0) is 50.6 Å². The molecule has 2 aromatic heterocycles. The van der Waals surface area contributed by atoms with E-state index in [1.54, 1.807) is 24.4 Å². The zero-order valence-corrected chi connectivity index (χ0v) is 19.6. The normalized spacial score (nSPS) is 10.8. The number of benzene rings is 2. The summed E-state index contributed by atoms with van der Waals surface area (Å²) in [5.41, 5.74) is 3.28. The Morgan fingerprint density at radius 2 is 1.76 bits per heavy atom. The van der Waals surface area contributed by atoms with E-state index in [1.165, 1.54) is 0 Å². The van der Waals surface area contributed by atoms with Crippen molar-refractivity contribution in [2.45, 2.75) is 40.0 Å². The predicted octanol–water partition coefficient (Wildman–Crippen LogP) is 5.25. The standard InChI is InChI=1S/C27H28N4O3/c1-19(2)34-25-15-22(14-24(16-25)33-18-21-9-5-4-6-10-21)27(32)29-26-13-20(3)31(30-26)17-23-11-7-8-12-28-23/h4-16,19H,17-18H2,1-3H3,(H,29,30,32). The molecule has 0 fully saturated rings. The molecule has 0 spiro atoms. The van der Waals surface area contributed by atoms with E-state index in [4.69, 9.17) is 9.47 Å². The molecular formula is C27H28N4O3. The Morgan fingerprint density at radius 1 is 1.00 bits per heavy atom. The van der Waals surface area contributed by atoms with Crippen molar-refractivity contribution in [2.75, 3.05) is 5.32 Å². The molecule has 7 heteroatoms. The fraction of sp³-hybridized carbons (Fsp3) is 0.222. The lowest BCUT2D eigenvalue weighted by Crippen LogP contribution is -2.14. The van der Waals surface area contributed by atoms with Gasteiger partial charge in [0.15, 0.2) is 5.82 Å². The summed E-state index contributed by atoms with van der Waals surface area (Å²) in [4.78, 5) is 17.4. The monoisotopic (exact) mass is 456 g/mol. The molecule has 0 atom stereocenters. The maximum absolute atomic E-state index is 13.1. The summed E-state index contributed by atoms with van der Waals surface area (Å²) in [6, 6.07) is 22.7. The molecular weight excluding hydrogens is 428 g/mol. The number of nitrogens with one attached hydrogen (secondary N) is 1. The molecule has 0 saturated carbocycles. The molecule has 174 valence electrons. The summed E-state index contributed by atoms with van der Waals surface area (Å²) in [7, 11) is 0. The molecule has 2 aromatic carbocycles. The summed E-state index contributed by atoms with van der Waals surface area (Å²) < 4.78 is 13.6. The van der Waals surface area contributed by atoms with Crippen molar-refractivity contribution in [3.8, 4) is 11.5 Å². The number of ether oxygens (including phenoxy) is 2. The highest BCUT2D eigenvalue weighted by Gasteiger charge is 2.14. The molecule has 4 rings (SSSR count). The van der Waals surface area contributed by atoms with Gasteiger partial charge in [-0.1, -0.05) is 36.4 Å². The summed E-state index contributed by atoms with van der Waals surface area (Å²) >= 11 is 0. The maximum Gasteiger partial charge on any atom is 0.257 e. The minimum absolute atomic E-state index is 0.0368. The average Bonchev–Trinajstić information content (AvgIpc) is 3.16. The summed E-state index contributed by atoms with van der Waals surface area (Å²) in [5.74, 6) is 1.31. The van der Waals surface area contributed by atoms with Crippen LogP contribution in [0.2, 0.25) is 0 Å². The maximum atomic E-state index is 13.1. The van der Waals surface area contributed by atoms with Crippen LogP contribution in [0, 0.1) is 6.92 Å². The van der Waals surface area contributed by atoms with Gasteiger partial charge in [-0.3, -0.25) is 14.5 Å². The van der Waals surface area contributed by atoms with Crippen LogP contribution in [-0.4, -0.2) is 26.8 Å². The zero-order chi connectivity index (χ0) is 23.9. The predicted molar refractivity (Wildman–Crippen MR) is 131 cm³/mol. The Bertz CT molecular complexity index is 1240. The molecule has 0 bridgehead atoms. The van der Waals surface area contributed by atoms with Gasteiger partial charge in [0.05, 0.1) is 18.3 Å². The van der Waals surface area contributed by atoms with E-state index in [0.717, 1.165) is 17.0 Å². The molecule has 4 aromatic rings. The number of carbonyl (C=O) groups is 1. The number of rotatable bonds is 9. The van der Waals surface area contributed by atoms with Crippen LogP contribution >= 0.6 is 0 Å². The largest absolute Gasteiger partial charge is 0.491 e. The lowest BCUT2D eigenvalue weighted by molar-refractivity contribution is 0.102. The first kappa shape index (κ1) is 23.0. The molecule has 1 N–H and O–H groups in total. The fourth-order valence-corrected chi connectivity index (χ4v) is 3.43. The summed E-state index contributed by atoms with van der Waals surface area (Å²) in [6.07, 6.45) is 1.71. The van der Waals surface area contributed by atoms with E-state index < -0.39 is 0 Å². The number of carbonyl (C=O) groups excluding carboxylic acids is 1. The summed E-state index contributed by atoms with van der Waals surface area (Å²) in [5, 5.41) is 7.41. The number of amides is 1. The van der Waals surface area contributed by atoms with Gasteiger partial charge >= 0.3 is 0 Å². The average molecular weight is 457 g/mol. The molecule has 0 aliphatic rings. The van der Waals surface area contributed by atoms with Crippen molar-refractivity contribution in [2.24, 2.45) is 0 Å². The van der Waals surface area contributed by atoms with Crippen molar-refractivity contribution in [3.63, 3.8) is 0 Å². The van der Waals surface area contributed by atoms with Crippen molar-refractivity contribution < 1.29 is 14.3 Å². The molecule has 0 aliphatic heterocycles. The number of pyridine rings is 1. The topological polar surface area (TPSA) is 78.3 Å². The van der Waals surface area contributed by atoms with Crippen LogP contribution in [0.1, 0.15) is 41.2 Å². The SMILES string of the molecule is Cc1cc(NC(=O)c2cc(OCc3ccccc3)cc(OC(C)C)c2)nn1Cc1ccccn1. The molecule has 7 nitrogen and oxygen atoms in total. The highest BCUT2D eigenvalue weighted by Crippen LogP contribution is 2.25. The van der Waals surface area contributed by atoms with Crippen molar-refractivity contribution in [1.29, 1.82) is 0 Å². The Balaban J connectivity index is 1.50. The van der Waals surface area contributed by atoms with Gasteiger partial charge in [-0.25, -0.2) is 0 Å². The van der Waals surface area contributed by atoms with Crippen LogP contribution in [0.4, 0.5) is 5.82 Å². The van der Waals surface area contributed by atoms with Gasteiger partial charge in [0.2, 0.25) is 0 Å². The molecule has 0 aliphatic carbocycles. The molecule has 0 saturated heterocycles. The number of anilines is 1. The first-order valence-electron chi connectivity index (χ1n) is 11.2. The Morgan fingerprint density at radius 3 is 2.50 bits per heavy atom. The van der Waals surface area contributed by atoms with E-state index in [-0.39, 0.29) is 12.0 Å².